The van der Waals surface area contributed by atoms with E-state index in [0.717, 1.165) is 4.70 Å². The Kier molecular flexibility index (Phi) is 2.76. The van der Waals surface area contributed by atoms with Crippen LogP contribution in [-0.4, -0.2) is 22.0 Å². The molecule has 16 heavy (non-hydrogen) atoms. The smallest absolute Gasteiger partial charge is 0.394 e. The summed E-state index contributed by atoms with van der Waals surface area (Å²) < 4.78 is 0.785. The fourth-order valence-electron chi connectivity index (χ4n) is 1.10. The van der Waals surface area contributed by atoms with Crippen LogP contribution in [0.15, 0.2) is 18.2 Å². The maximum atomic E-state index is 10.9. The van der Waals surface area contributed by atoms with Crippen molar-refractivity contribution >= 4 is 50.2 Å². The van der Waals surface area contributed by atoms with Crippen LogP contribution in [0.25, 0.3) is 10.2 Å². The summed E-state index contributed by atoms with van der Waals surface area (Å²) in [6.07, 6.45) is 0. The molecule has 1 aromatic carbocycles. The minimum Gasteiger partial charge on any atom is -0.474 e. The number of hydrogen-bond donors (Lipinski definition) is 2. The fraction of sp³-hybridized carbons (Fsp3) is 0. The molecule has 1 amide bonds. The molecule has 0 aliphatic rings. The van der Waals surface area contributed by atoms with E-state index in [2.05, 4.69) is 10.3 Å². The van der Waals surface area contributed by atoms with Gasteiger partial charge in [-0.1, -0.05) is 22.9 Å². The van der Waals surface area contributed by atoms with Gasteiger partial charge in [-0.3, -0.25) is 10.1 Å². The number of carboxylic acids is 1. The zero-order valence-corrected chi connectivity index (χ0v) is 9.30. The van der Waals surface area contributed by atoms with E-state index in [4.69, 9.17) is 16.7 Å². The lowest BCUT2D eigenvalue weighted by Crippen LogP contribution is -2.21. The number of thiazole rings is 1. The first-order valence-corrected chi connectivity index (χ1v) is 5.36. The summed E-state index contributed by atoms with van der Waals surface area (Å²) in [5, 5.41) is 11.4. The summed E-state index contributed by atoms with van der Waals surface area (Å²) in [5.41, 5.74) is 0.662. The lowest BCUT2D eigenvalue weighted by molar-refractivity contribution is -0.147. The van der Waals surface area contributed by atoms with Crippen LogP contribution in [0.1, 0.15) is 0 Å². The first kappa shape index (κ1) is 10.8. The Bertz CT molecular complexity index is 581. The van der Waals surface area contributed by atoms with Gasteiger partial charge in [0.1, 0.15) is 0 Å². The SMILES string of the molecule is O=C(O)C(=O)Nc1nc2ccc(Cl)cc2s1. The number of benzene rings is 1. The van der Waals surface area contributed by atoms with Crippen LogP contribution >= 0.6 is 22.9 Å². The number of fused-ring (bicyclic) bond motifs is 1. The van der Waals surface area contributed by atoms with Crippen LogP contribution in [0.5, 0.6) is 0 Å². The Balaban J connectivity index is 2.33. The maximum Gasteiger partial charge on any atom is 0.394 e. The van der Waals surface area contributed by atoms with Gasteiger partial charge < -0.3 is 5.11 Å². The second kappa shape index (κ2) is 4.07. The van der Waals surface area contributed by atoms with E-state index >= 15 is 0 Å². The van der Waals surface area contributed by atoms with Crippen molar-refractivity contribution in [2.45, 2.75) is 0 Å². The van der Waals surface area contributed by atoms with Crippen molar-refractivity contribution < 1.29 is 14.7 Å². The van der Waals surface area contributed by atoms with Crippen molar-refractivity contribution in [2.75, 3.05) is 5.32 Å². The minimum absolute atomic E-state index is 0.240. The average molecular weight is 257 g/mol. The fourth-order valence-corrected chi connectivity index (χ4v) is 2.24. The highest BCUT2D eigenvalue weighted by atomic mass is 35.5. The molecule has 2 rings (SSSR count). The molecular weight excluding hydrogens is 252 g/mol. The number of nitrogens with one attached hydrogen (secondary N) is 1. The van der Waals surface area contributed by atoms with Crippen molar-refractivity contribution in [3.05, 3.63) is 23.2 Å². The average Bonchev–Trinajstić information content (AvgIpc) is 2.58. The Morgan fingerprint density at radius 1 is 1.44 bits per heavy atom. The number of halogens is 1. The quantitative estimate of drug-likeness (QED) is 0.765. The van der Waals surface area contributed by atoms with E-state index in [9.17, 15) is 9.59 Å². The van der Waals surface area contributed by atoms with Crippen LogP contribution in [0.4, 0.5) is 5.13 Å². The van der Waals surface area contributed by atoms with E-state index in [-0.39, 0.29) is 5.13 Å². The van der Waals surface area contributed by atoms with Crippen molar-refractivity contribution in [1.82, 2.24) is 4.98 Å². The van der Waals surface area contributed by atoms with E-state index in [1.807, 2.05) is 0 Å². The van der Waals surface area contributed by atoms with Crippen LogP contribution in [-0.2, 0) is 9.59 Å². The molecule has 0 atom stereocenters. The third kappa shape index (κ3) is 2.12. The standard InChI is InChI=1S/C9H5ClN2O3S/c10-4-1-2-5-6(3-4)16-9(11-5)12-7(13)8(14)15/h1-3H,(H,14,15)(H,11,12,13). The molecule has 2 N–H and O–H groups in total. The molecule has 0 aliphatic heterocycles. The van der Waals surface area contributed by atoms with Gasteiger partial charge in [0, 0.05) is 5.02 Å². The molecule has 1 heterocycles. The number of amides is 1. The van der Waals surface area contributed by atoms with E-state index in [0.29, 0.717) is 10.5 Å². The molecule has 82 valence electrons. The highest BCUT2D eigenvalue weighted by Crippen LogP contribution is 2.28. The van der Waals surface area contributed by atoms with Gasteiger partial charge in [-0.25, -0.2) is 9.78 Å². The van der Waals surface area contributed by atoms with Crippen molar-refractivity contribution in [3.8, 4) is 0 Å². The summed E-state index contributed by atoms with van der Waals surface area (Å²) in [5.74, 6) is -2.65. The highest BCUT2D eigenvalue weighted by Gasteiger charge is 2.13. The van der Waals surface area contributed by atoms with Gasteiger partial charge in [0.2, 0.25) is 0 Å². The van der Waals surface area contributed by atoms with Crippen molar-refractivity contribution in [2.24, 2.45) is 0 Å². The van der Waals surface area contributed by atoms with Gasteiger partial charge in [0.05, 0.1) is 10.2 Å². The summed E-state index contributed by atoms with van der Waals surface area (Å²) in [6, 6.07) is 5.07. The number of carbonyl (C=O) groups excluding carboxylic acids is 1. The van der Waals surface area contributed by atoms with Crippen LogP contribution in [0.3, 0.4) is 0 Å². The number of nitrogens with zero attached hydrogens (tertiary/aromatic N) is 1. The number of rotatable bonds is 1. The summed E-state index contributed by atoms with van der Waals surface area (Å²) in [6.45, 7) is 0. The summed E-state index contributed by atoms with van der Waals surface area (Å²) in [4.78, 5) is 25.2. The van der Waals surface area contributed by atoms with Gasteiger partial charge in [-0.2, -0.15) is 0 Å². The lowest BCUT2D eigenvalue weighted by atomic mass is 10.3. The number of anilines is 1. The molecule has 5 nitrogen and oxygen atoms in total. The normalized spacial score (nSPS) is 10.3. The van der Waals surface area contributed by atoms with Gasteiger partial charge in [0.15, 0.2) is 5.13 Å². The second-order valence-electron chi connectivity index (χ2n) is 2.89. The molecule has 0 bridgehead atoms. The molecule has 7 heteroatoms. The third-order valence-electron chi connectivity index (χ3n) is 1.77. The predicted molar refractivity (Wildman–Crippen MR) is 60.9 cm³/mol. The van der Waals surface area contributed by atoms with Gasteiger partial charge in [-0.05, 0) is 18.2 Å². The molecule has 0 unspecified atom stereocenters. The van der Waals surface area contributed by atoms with Gasteiger partial charge >= 0.3 is 11.9 Å². The van der Waals surface area contributed by atoms with E-state index < -0.39 is 11.9 Å². The topological polar surface area (TPSA) is 79.3 Å². The molecule has 2 aromatic rings. The molecular formula is C9H5ClN2O3S. The van der Waals surface area contributed by atoms with Crippen LogP contribution in [0.2, 0.25) is 5.02 Å². The summed E-state index contributed by atoms with van der Waals surface area (Å²) in [7, 11) is 0. The van der Waals surface area contributed by atoms with Crippen molar-refractivity contribution in [3.63, 3.8) is 0 Å². The molecule has 0 saturated heterocycles. The lowest BCUT2D eigenvalue weighted by Gasteiger charge is -1.93. The van der Waals surface area contributed by atoms with E-state index in [1.165, 1.54) is 11.3 Å². The Hall–Kier alpha value is -1.66. The largest absolute Gasteiger partial charge is 0.474 e. The predicted octanol–water partition coefficient (Wildman–Crippen LogP) is 1.97. The Morgan fingerprint density at radius 2 is 2.19 bits per heavy atom. The van der Waals surface area contributed by atoms with Gasteiger partial charge in [0.25, 0.3) is 0 Å². The molecule has 0 aliphatic carbocycles. The monoisotopic (exact) mass is 256 g/mol. The molecule has 1 aromatic heterocycles. The number of hydrogen-bond acceptors (Lipinski definition) is 4. The number of aromatic nitrogens is 1. The van der Waals surface area contributed by atoms with Crippen LogP contribution in [0, 0.1) is 0 Å². The molecule has 0 radical (unpaired) electrons. The number of carboxylic acid groups (broad SMARTS) is 1. The highest BCUT2D eigenvalue weighted by molar-refractivity contribution is 7.22. The molecule has 0 spiro atoms. The van der Waals surface area contributed by atoms with Crippen LogP contribution < -0.4 is 5.32 Å². The Morgan fingerprint density at radius 3 is 2.88 bits per heavy atom. The Labute approximate surface area is 98.7 Å². The number of aliphatic carboxylic acids is 1. The number of carbonyl (C=O) groups is 2. The minimum atomic E-state index is -1.54. The maximum absolute atomic E-state index is 10.9. The first-order valence-electron chi connectivity index (χ1n) is 4.16. The zero-order valence-electron chi connectivity index (χ0n) is 7.73. The van der Waals surface area contributed by atoms with Crippen molar-refractivity contribution in [1.29, 1.82) is 0 Å². The molecule has 0 fully saturated rings. The second-order valence-corrected chi connectivity index (χ2v) is 4.36. The first-order chi connectivity index (χ1) is 7.56. The van der Waals surface area contributed by atoms with Gasteiger partial charge in [-0.15, -0.1) is 0 Å². The summed E-state index contributed by atoms with van der Waals surface area (Å²) >= 11 is 6.95. The van der Waals surface area contributed by atoms with E-state index in [1.54, 1.807) is 18.2 Å². The molecule has 0 saturated carbocycles. The zero-order chi connectivity index (χ0) is 11.7. The third-order valence-corrected chi connectivity index (χ3v) is 2.93.